The second-order valence-electron chi connectivity index (χ2n) is 5.01. The maximum absolute atomic E-state index is 14.4. The van der Waals surface area contributed by atoms with Gasteiger partial charge in [0.2, 0.25) is 5.67 Å². The van der Waals surface area contributed by atoms with Gasteiger partial charge in [-0.2, -0.15) is 0 Å². The van der Waals surface area contributed by atoms with Crippen LogP contribution in [0.2, 0.25) is 5.02 Å². The molecule has 1 aromatic carbocycles. The maximum atomic E-state index is 14.4. The van der Waals surface area contributed by atoms with Crippen molar-refractivity contribution in [3.05, 3.63) is 34.9 Å². The molecule has 0 radical (unpaired) electrons. The van der Waals surface area contributed by atoms with Crippen molar-refractivity contribution < 1.29 is 9.18 Å². The number of nitrogens with one attached hydrogen (secondary N) is 1. The molecule has 0 bridgehead atoms. The zero-order valence-corrected chi connectivity index (χ0v) is 11.9. The minimum absolute atomic E-state index is 0.0887. The summed E-state index contributed by atoms with van der Waals surface area (Å²) in [7, 11) is 1.62. The highest BCUT2D eigenvalue weighted by Gasteiger charge is 2.44. The molecule has 2 atom stereocenters. The number of halogens is 2. The molecule has 1 N–H and O–H groups in total. The lowest BCUT2D eigenvalue weighted by molar-refractivity contribution is -0.143. The van der Waals surface area contributed by atoms with Gasteiger partial charge in [-0.15, -0.1) is 0 Å². The standard InChI is InChI=1S/C14H18ClFN2O/c1-10(11-5-3-4-6-12(11)15)18(2)13(19)14(16)7-8-17-9-14/h3-6,10,17H,7-9H2,1-2H3. The van der Waals surface area contributed by atoms with E-state index < -0.39 is 11.6 Å². The second-order valence-corrected chi connectivity index (χ2v) is 5.41. The number of carbonyl (C=O) groups excluding carboxylic acids is 1. The third-order valence-electron chi connectivity index (χ3n) is 3.74. The Morgan fingerprint density at radius 2 is 2.21 bits per heavy atom. The molecule has 2 unspecified atom stereocenters. The predicted molar refractivity (Wildman–Crippen MR) is 74.0 cm³/mol. The Hall–Kier alpha value is -1.13. The average Bonchev–Trinajstić information content (AvgIpc) is 2.85. The van der Waals surface area contributed by atoms with Crippen LogP contribution < -0.4 is 5.32 Å². The first-order valence-corrected chi connectivity index (χ1v) is 6.75. The summed E-state index contributed by atoms with van der Waals surface area (Å²) in [5.74, 6) is -0.482. The van der Waals surface area contributed by atoms with Crippen molar-refractivity contribution in [3.8, 4) is 0 Å². The van der Waals surface area contributed by atoms with Gasteiger partial charge in [0.1, 0.15) is 0 Å². The van der Waals surface area contributed by atoms with Crippen molar-refractivity contribution >= 4 is 17.5 Å². The predicted octanol–water partition coefficient (Wildman–Crippen LogP) is 2.56. The Kier molecular flexibility index (Phi) is 4.11. The van der Waals surface area contributed by atoms with Crippen molar-refractivity contribution in [2.75, 3.05) is 20.1 Å². The van der Waals surface area contributed by atoms with Gasteiger partial charge in [0.25, 0.3) is 5.91 Å². The van der Waals surface area contributed by atoms with E-state index in [0.717, 1.165) is 5.56 Å². The molecule has 2 rings (SSSR count). The van der Waals surface area contributed by atoms with Gasteiger partial charge in [0.15, 0.2) is 0 Å². The highest BCUT2D eigenvalue weighted by Crippen LogP contribution is 2.30. The van der Waals surface area contributed by atoms with E-state index in [1.54, 1.807) is 13.1 Å². The zero-order chi connectivity index (χ0) is 14.0. The summed E-state index contributed by atoms with van der Waals surface area (Å²) in [4.78, 5) is 13.7. The molecule has 0 spiro atoms. The van der Waals surface area contributed by atoms with Crippen LogP contribution in [0.25, 0.3) is 0 Å². The van der Waals surface area contributed by atoms with Gasteiger partial charge in [0.05, 0.1) is 6.04 Å². The Morgan fingerprint density at radius 1 is 1.53 bits per heavy atom. The van der Waals surface area contributed by atoms with Crippen LogP contribution in [0.4, 0.5) is 4.39 Å². The molecule has 1 amide bonds. The number of amides is 1. The van der Waals surface area contributed by atoms with Gasteiger partial charge >= 0.3 is 0 Å². The van der Waals surface area contributed by atoms with Crippen LogP contribution >= 0.6 is 11.6 Å². The van der Waals surface area contributed by atoms with Crippen molar-refractivity contribution in [3.63, 3.8) is 0 Å². The fraction of sp³-hybridized carbons (Fsp3) is 0.500. The van der Waals surface area contributed by atoms with E-state index in [0.29, 0.717) is 11.6 Å². The first kappa shape index (κ1) is 14.3. The summed E-state index contributed by atoms with van der Waals surface area (Å²) in [5, 5.41) is 3.48. The summed E-state index contributed by atoms with van der Waals surface area (Å²) in [5.41, 5.74) is -0.959. The van der Waals surface area contributed by atoms with E-state index in [9.17, 15) is 9.18 Å². The molecule has 3 nitrogen and oxygen atoms in total. The molecular weight excluding hydrogens is 267 g/mol. The highest BCUT2D eigenvalue weighted by atomic mass is 35.5. The fourth-order valence-corrected chi connectivity index (χ4v) is 2.65. The van der Waals surface area contributed by atoms with Gasteiger partial charge in [-0.25, -0.2) is 4.39 Å². The van der Waals surface area contributed by atoms with Crippen LogP contribution in [-0.4, -0.2) is 36.6 Å². The number of hydrogen-bond acceptors (Lipinski definition) is 2. The van der Waals surface area contributed by atoms with E-state index in [2.05, 4.69) is 5.32 Å². The monoisotopic (exact) mass is 284 g/mol. The third kappa shape index (κ3) is 2.74. The summed E-state index contributed by atoms with van der Waals surface area (Å²) < 4.78 is 14.4. The number of rotatable bonds is 3. The molecule has 1 fully saturated rings. The third-order valence-corrected chi connectivity index (χ3v) is 4.09. The normalized spacial score (nSPS) is 24.2. The quantitative estimate of drug-likeness (QED) is 0.925. The number of nitrogens with zero attached hydrogens (tertiary/aromatic N) is 1. The van der Waals surface area contributed by atoms with E-state index in [1.807, 2.05) is 25.1 Å². The van der Waals surface area contributed by atoms with Crippen molar-refractivity contribution in [2.45, 2.75) is 25.1 Å². The SMILES string of the molecule is CC(c1ccccc1Cl)N(C)C(=O)C1(F)CCNC1. The van der Waals surface area contributed by atoms with Crippen LogP contribution in [0, 0.1) is 0 Å². The topological polar surface area (TPSA) is 32.3 Å². The molecule has 5 heteroatoms. The maximum Gasteiger partial charge on any atom is 0.261 e. The Bertz CT molecular complexity index is 474. The van der Waals surface area contributed by atoms with Crippen molar-refractivity contribution in [2.24, 2.45) is 0 Å². The Morgan fingerprint density at radius 3 is 2.79 bits per heavy atom. The fourth-order valence-electron chi connectivity index (χ4n) is 2.36. The molecule has 0 saturated carbocycles. The van der Waals surface area contributed by atoms with Crippen LogP contribution in [0.3, 0.4) is 0 Å². The lowest BCUT2D eigenvalue weighted by Gasteiger charge is -2.31. The van der Waals surface area contributed by atoms with E-state index in [1.165, 1.54) is 4.90 Å². The number of benzene rings is 1. The number of carbonyl (C=O) groups is 1. The van der Waals surface area contributed by atoms with Gasteiger partial charge in [-0.3, -0.25) is 4.79 Å². The smallest absolute Gasteiger partial charge is 0.261 e. The van der Waals surface area contributed by atoms with E-state index >= 15 is 0 Å². The Balaban J connectivity index is 2.17. The van der Waals surface area contributed by atoms with Crippen LogP contribution in [-0.2, 0) is 4.79 Å². The molecule has 0 aliphatic carbocycles. The molecule has 19 heavy (non-hydrogen) atoms. The molecule has 1 saturated heterocycles. The summed E-state index contributed by atoms with van der Waals surface area (Å²) in [6.45, 7) is 2.48. The largest absolute Gasteiger partial charge is 0.336 e. The van der Waals surface area contributed by atoms with Crippen LogP contribution in [0.1, 0.15) is 24.9 Å². The summed E-state index contributed by atoms with van der Waals surface area (Å²) in [6.07, 6.45) is 0.228. The molecule has 1 aliphatic heterocycles. The van der Waals surface area contributed by atoms with Gasteiger partial charge < -0.3 is 10.2 Å². The minimum Gasteiger partial charge on any atom is -0.336 e. The molecule has 1 heterocycles. The van der Waals surface area contributed by atoms with Gasteiger partial charge in [0, 0.05) is 25.0 Å². The minimum atomic E-state index is -1.79. The van der Waals surface area contributed by atoms with Gasteiger partial charge in [-0.05, 0) is 25.1 Å². The van der Waals surface area contributed by atoms with Crippen molar-refractivity contribution in [1.82, 2.24) is 10.2 Å². The average molecular weight is 285 g/mol. The lowest BCUT2D eigenvalue weighted by Crippen LogP contribution is -2.46. The number of hydrogen-bond donors (Lipinski definition) is 1. The molecular formula is C14H18ClFN2O. The van der Waals surface area contributed by atoms with Crippen molar-refractivity contribution in [1.29, 1.82) is 0 Å². The molecule has 1 aliphatic rings. The first-order valence-electron chi connectivity index (χ1n) is 6.37. The van der Waals surface area contributed by atoms with Crippen LogP contribution in [0.15, 0.2) is 24.3 Å². The van der Waals surface area contributed by atoms with E-state index in [-0.39, 0.29) is 19.0 Å². The highest BCUT2D eigenvalue weighted by molar-refractivity contribution is 6.31. The summed E-state index contributed by atoms with van der Waals surface area (Å²) in [6, 6.07) is 7.06. The first-order chi connectivity index (χ1) is 8.96. The van der Waals surface area contributed by atoms with Gasteiger partial charge in [-0.1, -0.05) is 29.8 Å². The zero-order valence-electron chi connectivity index (χ0n) is 11.1. The number of alkyl halides is 1. The second kappa shape index (κ2) is 5.47. The molecule has 0 aromatic heterocycles. The van der Waals surface area contributed by atoms with Crippen LogP contribution in [0.5, 0.6) is 0 Å². The lowest BCUT2D eigenvalue weighted by atomic mass is 10.0. The Labute approximate surface area is 117 Å². The molecule has 104 valence electrons. The summed E-state index contributed by atoms with van der Waals surface area (Å²) >= 11 is 6.12. The molecule has 1 aromatic rings. The van der Waals surface area contributed by atoms with E-state index in [4.69, 9.17) is 11.6 Å².